The Bertz CT molecular complexity index is 776. The van der Waals surface area contributed by atoms with E-state index in [9.17, 15) is 0 Å². The highest BCUT2D eigenvalue weighted by atomic mass is 16.5. The fourth-order valence-electron chi connectivity index (χ4n) is 5.50. The van der Waals surface area contributed by atoms with Crippen molar-refractivity contribution in [3.8, 4) is 11.1 Å². The van der Waals surface area contributed by atoms with Gasteiger partial charge in [0.05, 0.1) is 6.61 Å². The lowest BCUT2D eigenvalue weighted by Gasteiger charge is -2.26. The van der Waals surface area contributed by atoms with Crippen LogP contribution in [0, 0.1) is 17.8 Å². The van der Waals surface area contributed by atoms with Crippen LogP contribution in [0.1, 0.15) is 31.2 Å². The van der Waals surface area contributed by atoms with E-state index >= 15 is 0 Å². The van der Waals surface area contributed by atoms with Crippen molar-refractivity contribution in [1.82, 2.24) is 14.8 Å². The zero-order valence-electron chi connectivity index (χ0n) is 18.1. The molecule has 160 valence electrons. The molecule has 3 fully saturated rings. The van der Waals surface area contributed by atoms with E-state index in [0.717, 1.165) is 37.5 Å². The number of benzene rings is 1. The minimum atomic E-state index is 0.823. The number of ether oxygens (including phenoxy) is 1. The molecule has 0 spiro atoms. The lowest BCUT2D eigenvalue weighted by Crippen LogP contribution is -2.31. The van der Waals surface area contributed by atoms with Gasteiger partial charge in [-0.1, -0.05) is 36.8 Å². The van der Waals surface area contributed by atoms with Crippen LogP contribution in [0.5, 0.6) is 0 Å². The molecule has 1 aromatic carbocycles. The van der Waals surface area contributed by atoms with E-state index in [4.69, 9.17) is 4.74 Å². The molecule has 2 aliphatic heterocycles. The number of aromatic nitrogens is 1. The molecule has 3 aliphatic rings. The molecule has 0 bridgehead atoms. The fraction of sp³-hybridized carbons (Fsp3) is 0.577. The molecular weight excluding hydrogens is 370 g/mol. The van der Waals surface area contributed by atoms with Gasteiger partial charge in [-0.3, -0.25) is 9.88 Å². The fourth-order valence-corrected chi connectivity index (χ4v) is 5.50. The van der Waals surface area contributed by atoms with Crippen LogP contribution in [0.4, 0.5) is 0 Å². The van der Waals surface area contributed by atoms with Gasteiger partial charge in [-0.2, -0.15) is 0 Å². The van der Waals surface area contributed by atoms with E-state index in [1.807, 2.05) is 18.5 Å². The summed E-state index contributed by atoms with van der Waals surface area (Å²) in [6.45, 7) is 9.33. The van der Waals surface area contributed by atoms with Gasteiger partial charge in [-0.25, -0.2) is 0 Å². The summed E-state index contributed by atoms with van der Waals surface area (Å²) in [6, 6.07) is 13.1. The third-order valence-corrected chi connectivity index (χ3v) is 7.32. The average molecular weight is 406 g/mol. The van der Waals surface area contributed by atoms with Gasteiger partial charge in [0.25, 0.3) is 0 Å². The van der Waals surface area contributed by atoms with Crippen molar-refractivity contribution in [2.45, 2.75) is 32.2 Å². The second kappa shape index (κ2) is 9.59. The zero-order valence-corrected chi connectivity index (χ0v) is 18.1. The predicted octanol–water partition coefficient (Wildman–Crippen LogP) is 4.32. The molecule has 0 radical (unpaired) electrons. The molecular formula is C26H35N3O. The van der Waals surface area contributed by atoms with E-state index < -0.39 is 0 Å². The van der Waals surface area contributed by atoms with Gasteiger partial charge in [0.1, 0.15) is 0 Å². The van der Waals surface area contributed by atoms with Crippen molar-refractivity contribution in [3.63, 3.8) is 0 Å². The number of fused-ring (bicyclic) bond motifs is 1. The summed E-state index contributed by atoms with van der Waals surface area (Å²) in [4.78, 5) is 9.46. The highest BCUT2D eigenvalue weighted by molar-refractivity contribution is 5.62. The quantitative estimate of drug-likeness (QED) is 0.581. The lowest BCUT2D eigenvalue weighted by atomic mass is 10.1. The van der Waals surface area contributed by atoms with E-state index in [2.05, 4.69) is 45.1 Å². The SMILES string of the molecule is c1cncc(-c2ccc(CN3C[C@@H]4C(COCCCN5CCCCC5)[C@@H]4C3)cc2)c1. The number of pyridine rings is 1. The van der Waals surface area contributed by atoms with Crippen LogP contribution in [0.25, 0.3) is 11.1 Å². The maximum atomic E-state index is 6.04. The first-order valence-electron chi connectivity index (χ1n) is 11.9. The smallest absolute Gasteiger partial charge is 0.0500 e. The highest BCUT2D eigenvalue weighted by Gasteiger charge is 2.55. The number of likely N-dealkylation sites (tertiary alicyclic amines) is 2. The molecule has 1 aliphatic carbocycles. The van der Waals surface area contributed by atoms with Crippen LogP contribution in [-0.4, -0.2) is 60.7 Å². The molecule has 5 rings (SSSR count). The van der Waals surface area contributed by atoms with Crippen molar-refractivity contribution in [3.05, 3.63) is 54.4 Å². The van der Waals surface area contributed by atoms with Gasteiger partial charge in [0.2, 0.25) is 0 Å². The van der Waals surface area contributed by atoms with Crippen molar-refractivity contribution in [1.29, 1.82) is 0 Å². The number of hydrogen-bond acceptors (Lipinski definition) is 4. The summed E-state index contributed by atoms with van der Waals surface area (Å²) in [5.74, 6) is 2.58. The Balaban J connectivity index is 0.984. The Hall–Kier alpha value is -1.75. The van der Waals surface area contributed by atoms with Gasteiger partial charge >= 0.3 is 0 Å². The van der Waals surface area contributed by atoms with Crippen LogP contribution >= 0.6 is 0 Å². The van der Waals surface area contributed by atoms with E-state index in [0.29, 0.717) is 0 Å². The van der Waals surface area contributed by atoms with Crippen molar-refractivity contribution < 1.29 is 4.74 Å². The predicted molar refractivity (Wildman–Crippen MR) is 121 cm³/mol. The van der Waals surface area contributed by atoms with Crippen LogP contribution in [-0.2, 0) is 11.3 Å². The summed E-state index contributed by atoms with van der Waals surface area (Å²) in [5.41, 5.74) is 3.84. The molecule has 1 aromatic heterocycles. The van der Waals surface area contributed by atoms with Crippen LogP contribution in [0.3, 0.4) is 0 Å². The minimum absolute atomic E-state index is 0.823. The zero-order chi connectivity index (χ0) is 20.2. The first kappa shape index (κ1) is 20.2. The van der Waals surface area contributed by atoms with Gasteiger partial charge in [0, 0.05) is 45.2 Å². The Labute approximate surface area is 181 Å². The number of rotatable bonds is 9. The molecule has 0 amide bonds. The largest absolute Gasteiger partial charge is 0.381 e. The molecule has 30 heavy (non-hydrogen) atoms. The summed E-state index contributed by atoms with van der Waals surface area (Å²) >= 11 is 0. The summed E-state index contributed by atoms with van der Waals surface area (Å²) in [6.07, 6.45) is 9.15. The third-order valence-electron chi connectivity index (χ3n) is 7.32. The van der Waals surface area contributed by atoms with Gasteiger partial charge in [0.15, 0.2) is 0 Å². The topological polar surface area (TPSA) is 28.6 Å². The second-order valence-electron chi connectivity index (χ2n) is 9.46. The number of nitrogens with zero attached hydrogens (tertiary/aromatic N) is 3. The lowest BCUT2D eigenvalue weighted by molar-refractivity contribution is 0.0967. The van der Waals surface area contributed by atoms with Crippen LogP contribution in [0.2, 0.25) is 0 Å². The van der Waals surface area contributed by atoms with E-state index in [-0.39, 0.29) is 0 Å². The first-order chi connectivity index (χ1) is 14.9. The van der Waals surface area contributed by atoms with Crippen LogP contribution in [0.15, 0.2) is 48.8 Å². The molecule has 4 heteroatoms. The number of piperidine rings is 2. The van der Waals surface area contributed by atoms with E-state index in [1.54, 1.807) is 0 Å². The highest BCUT2D eigenvalue weighted by Crippen LogP contribution is 2.52. The normalized spacial score (nSPS) is 26.6. The standard InChI is InChI=1S/C26H35N3O/c1-2-12-28(13-3-1)14-5-15-30-20-26-24-18-29(19-25(24)26)17-21-7-9-22(10-8-21)23-6-4-11-27-16-23/h4,6-11,16,24-26H,1-3,5,12-15,17-20H2/t24-,25+,26?. The summed E-state index contributed by atoms with van der Waals surface area (Å²) in [7, 11) is 0. The van der Waals surface area contributed by atoms with Crippen LogP contribution < -0.4 is 0 Å². The van der Waals surface area contributed by atoms with Gasteiger partial charge in [-0.05, 0) is 72.9 Å². The van der Waals surface area contributed by atoms with Crippen molar-refractivity contribution in [2.24, 2.45) is 17.8 Å². The number of hydrogen-bond donors (Lipinski definition) is 0. The van der Waals surface area contributed by atoms with Gasteiger partial charge in [-0.15, -0.1) is 0 Å². The Kier molecular flexibility index (Phi) is 6.45. The van der Waals surface area contributed by atoms with Crippen molar-refractivity contribution in [2.75, 3.05) is 45.9 Å². The third kappa shape index (κ3) is 4.93. The monoisotopic (exact) mass is 405 g/mol. The Morgan fingerprint density at radius 3 is 2.43 bits per heavy atom. The Morgan fingerprint density at radius 2 is 1.70 bits per heavy atom. The molecule has 2 saturated heterocycles. The molecule has 3 atom stereocenters. The molecule has 4 nitrogen and oxygen atoms in total. The molecule has 0 N–H and O–H groups in total. The second-order valence-corrected chi connectivity index (χ2v) is 9.46. The molecule has 1 saturated carbocycles. The first-order valence-corrected chi connectivity index (χ1v) is 11.9. The minimum Gasteiger partial charge on any atom is -0.381 e. The summed E-state index contributed by atoms with van der Waals surface area (Å²) in [5, 5.41) is 0. The molecule has 2 aromatic rings. The molecule has 1 unspecified atom stereocenters. The maximum absolute atomic E-state index is 6.04. The van der Waals surface area contributed by atoms with Gasteiger partial charge < -0.3 is 9.64 Å². The maximum Gasteiger partial charge on any atom is 0.0500 e. The Morgan fingerprint density at radius 1 is 0.900 bits per heavy atom. The van der Waals surface area contributed by atoms with E-state index in [1.165, 1.54) is 75.1 Å². The molecule has 3 heterocycles. The van der Waals surface area contributed by atoms with Crippen molar-refractivity contribution >= 4 is 0 Å². The average Bonchev–Trinajstić information content (AvgIpc) is 3.25. The summed E-state index contributed by atoms with van der Waals surface area (Å²) < 4.78 is 6.04.